The molecule has 3 heterocycles. The van der Waals surface area contributed by atoms with E-state index in [9.17, 15) is 0 Å². The average molecular weight is 370 g/mol. The lowest BCUT2D eigenvalue weighted by Crippen LogP contribution is -2.42. The summed E-state index contributed by atoms with van der Waals surface area (Å²) in [6, 6.07) is 10.6. The molecule has 0 unspecified atom stereocenters. The Balaban J connectivity index is 1.43. The highest BCUT2D eigenvalue weighted by atomic mass is 35.5. The van der Waals surface area contributed by atoms with Crippen molar-refractivity contribution in [1.82, 2.24) is 15.1 Å². The summed E-state index contributed by atoms with van der Waals surface area (Å²) in [5.41, 5.74) is 3.50. The summed E-state index contributed by atoms with van der Waals surface area (Å²) >= 11 is 6.51. The predicted octanol–water partition coefficient (Wildman–Crippen LogP) is 2.94. The number of halogens is 1. The van der Waals surface area contributed by atoms with Gasteiger partial charge >= 0.3 is 0 Å². The van der Waals surface area contributed by atoms with Crippen molar-refractivity contribution in [3.8, 4) is 0 Å². The highest BCUT2D eigenvalue weighted by Crippen LogP contribution is 2.33. The molecule has 0 saturated carbocycles. The summed E-state index contributed by atoms with van der Waals surface area (Å²) in [5.74, 6) is 7.00. The van der Waals surface area contributed by atoms with Crippen LogP contribution in [0, 0.1) is 5.92 Å². The first kappa shape index (κ1) is 17.2. The number of fused-ring (bicyclic) bond motifs is 1. The summed E-state index contributed by atoms with van der Waals surface area (Å²) in [6.45, 7) is 3.87. The van der Waals surface area contributed by atoms with Crippen LogP contribution in [0.25, 0.3) is 0 Å². The van der Waals surface area contributed by atoms with Crippen molar-refractivity contribution in [1.29, 1.82) is 0 Å². The van der Waals surface area contributed by atoms with Crippen LogP contribution in [0.4, 0.5) is 0 Å². The van der Waals surface area contributed by atoms with E-state index in [1.54, 1.807) is 0 Å². The van der Waals surface area contributed by atoms with E-state index in [0.717, 1.165) is 56.3 Å². The van der Waals surface area contributed by atoms with Gasteiger partial charge in [0.15, 0.2) is 0 Å². The van der Waals surface area contributed by atoms with Crippen molar-refractivity contribution in [3.05, 3.63) is 70.7 Å². The Hall–Kier alpha value is -2.24. The van der Waals surface area contributed by atoms with Crippen LogP contribution in [0.15, 0.2) is 70.2 Å². The van der Waals surface area contributed by atoms with Crippen LogP contribution in [0.5, 0.6) is 0 Å². The second kappa shape index (κ2) is 7.56. The van der Waals surface area contributed by atoms with Gasteiger partial charge in [0.05, 0.1) is 11.4 Å². The maximum Gasteiger partial charge on any atom is 0.137 e. The number of nitrogens with zero attached hydrogens (tertiary/aromatic N) is 3. The molecule has 1 aromatic carbocycles. The van der Waals surface area contributed by atoms with Crippen molar-refractivity contribution < 1.29 is 0 Å². The number of likely N-dealkylation sites (tertiary alicyclic amines) is 1. The molecule has 3 aliphatic heterocycles. The van der Waals surface area contributed by atoms with Crippen LogP contribution in [0.2, 0.25) is 0 Å². The number of amidine groups is 1. The molecule has 3 N–H and O–H groups in total. The average Bonchev–Trinajstić information content (AvgIpc) is 3.15. The van der Waals surface area contributed by atoms with Gasteiger partial charge in [-0.05, 0) is 49.7 Å². The molecule has 0 aliphatic carbocycles. The van der Waals surface area contributed by atoms with Gasteiger partial charge in [-0.1, -0.05) is 41.9 Å². The lowest BCUT2D eigenvalue weighted by atomic mass is 9.93. The quantitative estimate of drug-likeness (QED) is 0.283. The molecule has 1 fully saturated rings. The fourth-order valence-corrected chi connectivity index (χ4v) is 4.17. The fraction of sp³-hybridized carbons (Fsp3) is 0.350. The van der Waals surface area contributed by atoms with Crippen molar-refractivity contribution in [3.63, 3.8) is 0 Å². The molecule has 1 aromatic rings. The molecule has 0 aromatic heterocycles. The number of hydrogen-bond donors (Lipinski definition) is 2. The van der Waals surface area contributed by atoms with Crippen LogP contribution in [0.1, 0.15) is 18.4 Å². The highest BCUT2D eigenvalue weighted by molar-refractivity contribution is 6.31. The molecular weight excluding hydrogens is 346 g/mol. The topological polar surface area (TPSA) is 56.9 Å². The molecule has 26 heavy (non-hydrogen) atoms. The second-order valence-corrected chi connectivity index (χ2v) is 7.29. The Labute approximate surface area is 159 Å². The van der Waals surface area contributed by atoms with E-state index < -0.39 is 0 Å². The van der Waals surface area contributed by atoms with Gasteiger partial charge in [-0.25, -0.2) is 0 Å². The molecule has 3 aliphatic rings. The van der Waals surface area contributed by atoms with E-state index in [4.69, 9.17) is 17.4 Å². The Bertz CT molecular complexity index is 773. The van der Waals surface area contributed by atoms with Gasteiger partial charge in [0.1, 0.15) is 11.0 Å². The number of rotatable bonds is 3. The van der Waals surface area contributed by atoms with E-state index in [1.807, 2.05) is 17.1 Å². The number of nitrogens with two attached hydrogens (primary N) is 1. The minimum Gasteiger partial charge on any atom is -0.380 e. The number of nitrogens with one attached hydrogen (secondary N) is 1. The largest absolute Gasteiger partial charge is 0.380 e. The predicted molar refractivity (Wildman–Crippen MR) is 106 cm³/mol. The maximum absolute atomic E-state index is 6.51. The summed E-state index contributed by atoms with van der Waals surface area (Å²) in [6.07, 6.45) is 8.11. The molecule has 5 nitrogen and oxygen atoms in total. The zero-order chi connectivity index (χ0) is 17.9. The second-order valence-electron chi connectivity index (χ2n) is 6.90. The third kappa shape index (κ3) is 3.37. The molecule has 0 spiro atoms. The minimum absolute atomic E-state index is 0.315. The van der Waals surface area contributed by atoms with E-state index in [-0.39, 0.29) is 0 Å². The summed E-state index contributed by atoms with van der Waals surface area (Å²) in [7, 11) is 0. The minimum atomic E-state index is 0.315. The smallest absolute Gasteiger partial charge is 0.137 e. The number of piperidine rings is 1. The highest BCUT2D eigenvalue weighted by Gasteiger charge is 2.33. The van der Waals surface area contributed by atoms with E-state index in [1.165, 1.54) is 5.56 Å². The molecule has 0 atom stereocenters. The monoisotopic (exact) mass is 369 g/mol. The van der Waals surface area contributed by atoms with Crippen LogP contribution in [-0.2, 0) is 6.54 Å². The van der Waals surface area contributed by atoms with Gasteiger partial charge in [0.2, 0.25) is 0 Å². The molecule has 0 radical (unpaired) electrons. The number of hydrazone groups is 1. The summed E-state index contributed by atoms with van der Waals surface area (Å²) < 4.78 is 0. The number of hydrogen-bond acceptors (Lipinski definition) is 4. The van der Waals surface area contributed by atoms with Gasteiger partial charge in [-0.2, -0.15) is 5.10 Å². The van der Waals surface area contributed by atoms with Gasteiger partial charge in [-0.15, -0.1) is 0 Å². The number of allylic oxidation sites excluding steroid dienone is 2. The SMILES string of the molecule is NN=C(C1CCN(Cc2ccccc2)CC1)N1C(Cl)=CC=C2NCC=C21. The molecule has 6 heteroatoms. The van der Waals surface area contributed by atoms with Crippen molar-refractivity contribution in [2.75, 3.05) is 19.6 Å². The van der Waals surface area contributed by atoms with Crippen LogP contribution >= 0.6 is 11.6 Å². The zero-order valence-corrected chi connectivity index (χ0v) is 15.5. The van der Waals surface area contributed by atoms with Crippen LogP contribution < -0.4 is 11.2 Å². The van der Waals surface area contributed by atoms with E-state index >= 15 is 0 Å². The molecule has 136 valence electrons. The summed E-state index contributed by atoms with van der Waals surface area (Å²) in [4.78, 5) is 4.50. The normalized spacial score (nSPS) is 21.7. The Morgan fingerprint density at radius 2 is 1.96 bits per heavy atom. The first-order valence-corrected chi connectivity index (χ1v) is 9.50. The van der Waals surface area contributed by atoms with E-state index in [0.29, 0.717) is 11.1 Å². The third-order valence-electron chi connectivity index (χ3n) is 5.27. The lowest BCUT2D eigenvalue weighted by molar-refractivity contribution is 0.198. The fourth-order valence-electron chi connectivity index (χ4n) is 3.93. The third-order valence-corrected chi connectivity index (χ3v) is 5.56. The summed E-state index contributed by atoms with van der Waals surface area (Å²) in [5, 5.41) is 8.16. The molecule has 0 bridgehead atoms. The Morgan fingerprint density at radius 1 is 1.19 bits per heavy atom. The van der Waals surface area contributed by atoms with Crippen LogP contribution in [0.3, 0.4) is 0 Å². The van der Waals surface area contributed by atoms with Gasteiger partial charge in [0, 0.05) is 19.0 Å². The zero-order valence-electron chi connectivity index (χ0n) is 14.7. The first-order chi connectivity index (χ1) is 12.8. The molecular formula is C20H24ClN5. The Morgan fingerprint density at radius 3 is 2.69 bits per heavy atom. The molecule has 0 amide bonds. The standard InChI is InChI=1S/C20H24ClN5/c21-19-7-6-17-18(8-11-23-17)26(19)20(24-22)16-9-12-25(13-10-16)14-15-4-2-1-3-5-15/h1-8,16,23H,9-14,22H2. The van der Waals surface area contributed by atoms with Crippen molar-refractivity contribution >= 4 is 17.4 Å². The molecule has 4 rings (SSSR count). The van der Waals surface area contributed by atoms with Crippen molar-refractivity contribution in [2.45, 2.75) is 19.4 Å². The first-order valence-electron chi connectivity index (χ1n) is 9.12. The van der Waals surface area contributed by atoms with Crippen LogP contribution in [-0.4, -0.2) is 35.3 Å². The van der Waals surface area contributed by atoms with Gasteiger partial charge < -0.3 is 11.2 Å². The molecule has 1 saturated heterocycles. The lowest BCUT2D eigenvalue weighted by Gasteiger charge is -2.37. The Kier molecular flexibility index (Phi) is 5.00. The maximum atomic E-state index is 6.51. The van der Waals surface area contributed by atoms with Crippen molar-refractivity contribution in [2.24, 2.45) is 16.9 Å². The van der Waals surface area contributed by atoms with E-state index in [2.05, 4.69) is 51.7 Å². The van der Waals surface area contributed by atoms with Gasteiger partial charge in [0.25, 0.3) is 0 Å². The van der Waals surface area contributed by atoms with Gasteiger partial charge in [-0.3, -0.25) is 9.80 Å². The number of benzene rings is 1.